The van der Waals surface area contributed by atoms with Gasteiger partial charge in [0.15, 0.2) is 5.65 Å². The summed E-state index contributed by atoms with van der Waals surface area (Å²) < 4.78 is 22.5. The lowest BCUT2D eigenvalue weighted by Gasteiger charge is -2.16. The molecule has 4 aromatic rings. The number of halogens is 1. The second-order valence-electron chi connectivity index (χ2n) is 9.41. The molecule has 2 aromatic carbocycles. The third kappa shape index (κ3) is 5.93. The molecule has 4 rings (SSSR count). The van der Waals surface area contributed by atoms with Gasteiger partial charge in [0.05, 0.1) is 11.9 Å². The van der Waals surface area contributed by atoms with Crippen molar-refractivity contribution in [3.8, 4) is 28.8 Å². The van der Waals surface area contributed by atoms with Crippen molar-refractivity contribution in [2.75, 3.05) is 5.73 Å². The molecule has 11 heteroatoms. The molecular formula is C27H27FN8O2. The fourth-order valence-electron chi connectivity index (χ4n) is 3.85. The summed E-state index contributed by atoms with van der Waals surface area (Å²) in [7, 11) is 0. The summed E-state index contributed by atoms with van der Waals surface area (Å²) in [6.07, 6.45) is 2.69. The highest BCUT2D eigenvalue weighted by molar-refractivity contribution is 5.99. The number of anilines is 1. The molecule has 0 spiro atoms. The fraction of sp³-hybridized carbons (Fsp3) is 0.222. The van der Waals surface area contributed by atoms with E-state index in [0.29, 0.717) is 22.5 Å². The first-order valence-electron chi connectivity index (χ1n) is 11.8. The predicted octanol–water partition coefficient (Wildman–Crippen LogP) is 3.70. The van der Waals surface area contributed by atoms with Crippen LogP contribution in [0.3, 0.4) is 0 Å². The van der Waals surface area contributed by atoms with Crippen LogP contribution in [0.4, 0.5) is 10.2 Å². The Hall–Kier alpha value is -4.82. The summed E-state index contributed by atoms with van der Waals surface area (Å²) in [5, 5.41) is 17.1. The van der Waals surface area contributed by atoms with Gasteiger partial charge in [0.1, 0.15) is 46.8 Å². The zero-order valence-electron chi connectivity index (χ0n) is 21.1. The summed E-state index contributed by atoms with van der Waals surface area (Å²) >= 11 is 0. The van der Waals surface area contributed by atoms with E-state index in [4.69, 9.17) is 16.2 Å². The van der Waals surface area contributed by atoms with Crippen LogP contribution in [0.2, 0.25) is 0 Å². The number of rotatable bonds is 8. The zero-order chi connectivity index (χ0) is 27.4. The van der Waals surface area contributed by atoms with Crippen LogP contribution in [0.25, 0.3) is 22.3 Å². The number of carbonyl (C=O) groups excluding carboxylic acids is 1. The molecule has 0 aliphatic heterocycles. The molecule has 5 N–H and O–H groups in total. The quantitative estimate of drug-likeness (QED) is 0.237. The highest BCUT2D eigenvalue weighted by atomic mass is 19.1. The highest BCUT2D eigenvalue weighted by Crippen LogP contribution is 2.34. The van der Waals surface area contributed by atoms with Crippen molar-refractivity contribution in [1.29, 1.82) is 5.26 Å². The summed E-state index contributed by atoms with van der Waals surface area (Å²) in [5.74, 6) is -0.0970. The number of amides is 1. The van der Waals surface area contributed by atoms with E-state index < -0.39 is 23.3 Å². The van der Waals surface area contributed by atoms with Crippen molar-refractivity contribution in [3.63, 3.8) is 0 Å². The topological polar surface area (TPSA) is 158 Å². The van der Waals surface area contributed by atoms with Gasteiger partial charge in [0.25, 0.3) is 5.91 Å². The predicted molar refractivity (Wildman–Crippen MR) is 141 cm³/mol. The third-order valence-electron chi connectivity index (χ3n) is 5.44. The summed E-state index contributed by atoms with van der Waals surface area (Å²) in [6.45, 7) is 5.28. The number of nitrogens with zero attached hydrogens (tertiary/aromatic N) is 5. The van der Waals surface area contributed by atoms with E-state index in [1.54, 1.807) is 45.0 Å². The van der Waals surface area contributed by atoms with E-state index >= 15 is 4.39 Å². The Balaban J connectivity index is 1.63. The summed E-state index contributed by atoms with van der Waals surface area (Å²) in [6, 6.07) is 14.9. The molecule has 2 aromatic heterocycles. The average molecular weight is 515 g/mol. The molecule has 0 aliphatic carbocycles. The van der Waals surface area contributed by atoms with Gasteiger partial charge >= 0.3 is 0 Å². The number of nitrogen functional groups attached to an aromatic ring is 1. The number of nitrogens with two attached hydrogens (primary N) is 2. The van der Waals surface area contributed by atoms with Crippen molar-refractivity contribution in [1.82, 2.24) is 25.1 Å². The first-order chi connectivity index (χ1) is 18.1. The molecule has 0 unspecified atom stereocenters. The van der Waals surface area contributed by atoms with Gasteiger partial charge in [-0.25, -0.2) is 19.0 Å². The van der Waals surface area contributed by atoms with Crippen LogP contribution in [-0.4, -0.2) is 37.2 Å². The van der Waals surface area contributed by atoms with E-state index in [0.717, 1.165) is 0 Å². The van der Waals surface area contributed by atoms with Crippen LogP contribution < -0.4 is 21.5 Å². The number of carbonyl (C=O) groups is 1. The normalized spacial score (nSPS) is 12.7. The van der Waals surface area contributed by atoms with Crippen LogP contribution in [0.1, 0.15) is 20.8 Å². The van der Waals surface area contributed by atoms with Gasteiger partial charge in [0, 0.05) is 23.2 Å². The zero-order valence-corrected chi connectivity index (χ0v) is 21.1. The number of fused-ring (bicyclic) bond motifs is 1. The SMILES string of the molecule is C[C@@H](Cn1nc(-c2ccc(Oc3ccccc3)cc2F)c2c(N)ncnc21)NC(=O)/C(C#N)=C/C(C)(C)N. The Morgan fingerprint density at radius 3 is 2.63 bits per heavy atom. The maximum atomic E-state index is 15.3. The number of para-hydroxylation sites is 1. The van der Waals surface area contributed by atoms with Crippen LogP contribution in [-0.2, 0) is 11.3 Å². The van der Waals surface area contributed by atoms with Crippen molar-refractivity contribution >= 4 is 22.8 Å². The molecule has 10 nitrogen and oxygen atoms in total. The van der Waals surface area contributed by atoms with Gasteiger partial charge in [-0.2, -0.15) is 10.4 Å². The molecule has 0 bridgehead atoms. The molecule has 0 saturated carbocycles. The molecule has 1 atom stereocenters. The Morgan fingerprint density at radius 1 is 1.24 bits per heavy atom. The number of nitrogens with one attached hydrogen (secondary N) is 1. The number of hydrogen-bond acceptors (Lipinski definition) is 8. The molecule has 1 amide bonds. The standard InChI is InChI=1S/C27H27FN8O2/c1-16(34-26(37)17(13-29)12-27(2,3)31)14-36-25-22(24(30)32-15-33-25)23(35-36)20-10-9-19(11-21(20)28)38-18-7-5-4-6-8-18/h4-12,15-16H,14,31H2,1-3H3,(H,34,37)(H2,30,32,33)/b17-12+/t16-/m0/s1. The molecule has 0 saturated heterocycles. The Bertz CT molecular complexity index is 1550. The number of ether oxygens (including phenoxy) is 1. The number of nitriles is 1. The van der Waals surface area contributed by atoms with Crippen molar-refractivity contribution in [2.45, 2.75) is 38.9 Å². The molecule has 2 heterocycles. The van der Waals surface area contributed by atoms with Gasteiger partial charge in [0.2, 0.25) is 0 Å². The van der Waals surface area contributed by atoms with Crippen molar-refractivity contribution in [3.05, 3.63) is 72.3 Å². The molecule has 194 valence electrons. The smallest absolute Gasteiger partial charge is 0.261 e. The Labute approximate surface area is 218 Å². The summed E-state index contributed by atoms with van der Waals surface area (Å²) in [5.41, 5.74) is 11.9. The first kappa shape index (κ1) is 26.2. The lowest BCUT2D eigenvalue weighted by atomic mass is 10.0. The average Bonchev–Trinajstić information content (AvgIpc) is 3.21. The lowest BCUT2D eigenvalue weighted by Crippen LogP contribution is -2.38. The minimum Gasteiger partial charge on any atom is -0.457 e. The third-order valence-corrected chi connectivity index (χ3v) is 5.44. The second-order valence-corrected chi connectivity index (χ2v) is 9.41. The minimum atomic E-state index is -0.834. The van der Waals surface area contributed by atoms with Crippen LogP contribution in [0.5, 0.6) is 11.5 Å². The van der Waals surface area contributed by atoms with Gasteiger partial charge < -0.3 is 21.5 Å². The molecule has 38 heavy (non-hydrogen) atoms. The van der Waals surface area contributed by atoms with E-state index in [-0.39, 0.29) is 29.2 Å². The van der Waals surface area contributed by atoms with Crippen LogP contribution in [0, 0.1) is 17.1 Å². The fourth-order valence-corrected chi connectivity index (χ4v) is 3.85. The molecule has 0 fully saturated rings. The number of aromatic nitrogens is 4. The summed E-state index contributed by atoms with van der Waals surface area (Å²) in [4.78, 5) is 20.9. The van der Waals surface area contributed by atoms with E-state index in [1.807, 2.05) is 24.3 Å². The second kappa shape index (κ2) is 10.7. The van der Waals surface area contributed by atoms with Gasteiger partial charge in [-0.1, -0.05) is 18.2 Å². The minimum absolute atomic E-state index is 0.0955. The Morgan fingerprint density at radius 2 is 1.97 bits per heavy atom. The molecular weight excluding hydrogens is 487 g/mol. The van der Waals surface area contributed by atoms with Crippen molar-refractivity contribution < 1.29 is 13.9 Å². The monoisotopic (exact) mass is 514 g/mol. The van der Waals surface area contributed by atoms with Crippen molar-refractivity contribution in [2.24, 2.45) is 5.73 Å². The number of hydrogen-bond donors (Lipinski definition) is 3. The first-order valence-corrected chi connectivity index (χ1v) is 11.8. The highest BCUT2D eigenvalue weighted by Gasteiger charge is 2.22. The molecule has 0 radical (unpaired) electrons. The van der Waals surface area contributed by atoms with Gasteiger partial charge in [-0.3, -0.25) is 4.79 Å². The Kier molecular flexibility index (Phi) is 7.36. The van der Waals surface area contributed by atoms with E-state index in [1.165, 1.54) is 23.2 Å². The van der Waals surface area contributed by atoms with Crippen LogP contribution in [0.15, 0.2) is 66.5 Å². The number of benzene rings is 2. The molecule has 0 aliphatic rings. The van der Waals surface area contributed by atoms with Crippen LogP contribution >= 0.6 is 0 Å². The van der Waals surface area contributed by atoms with E-state index in [9.17, 15) is 10.1 Å². The van der Waals surface area contributed by atoms with Gasteiger partial charge in [-0.05, 0) is 51.1 Å². The van der Waals surface area contributed by atoms with Gasteiger partial charge in [-0.15, -0.1) is 0 Å². The van der Waals surface area contributed by atoms with E-state index in [2.05, 4.69) is 20.4 Å². The lowest BCUT2D eigenvalue weighted by molar-refractivity contribution is -0.117. The maximum Gasteiger partial charge on any atom is 0.261 e. The largest absolute Gasteiger partial charge is 0.457 e. The maximum absolute atomic E-state index is 15.3.